The number of amides is 2. The molecule has 6 nitrogen and oxygen atoms in total. The molecule has 1 aliphatic rings. The van der Waals surface area contributed by atoms with Gasteiger partial charge in [-0.25, -0.2) is 0 Å². The molecule has 0 bridgehead atoms. The number of rotatable bonds is 5. The van der Waals surface area contributed by atoms with Gasteiger partial charge < -0.3 is 20.7 Å². The van der Waals surface area contributed by atoms with E-state index in [1.807, 2.05) is 13.8 Å². The smallest absolute Gasteiger partial charge is 0.251 e. The first-order valence-corrected chi connectivity index (χ1v) is 6.72. The average molecular weight is 271 g/mol. The van der Waals surface area contributed by atoms with Crippen molar-refractivity contribution < 1.29 is 14.3 Å². The molecule has 3 atom stereocenters. The number of likely N-dealkylation sites (N-methyl/N-ethyl adjacent to an activating group) is 1. The molecule has 110 valence electrons. The highest BCUT2D eigenvalue weighted by molar-refractivity contribution is 5.82. The molecule has 0 saturated carbocycles. The monoisotopic (exact) mass is 271 g/mol. The molecule has 1 heterocycles. The van der Waals surface area contributed by atoms with Crippen LogP contribution in [0, 0.1) is 5.92 Å². The maximum Gasteiger partial charge on any atom is 0.251 e. The van der Waals surface area contributed by atoms with Gasteiger partial charge >= 0.3 is 0 Å². The molecular formula is C13H25N3O3. The fraction of sp³-hybridized carbons (Fsp3) is 0.846. The summed E-state index contributed by atoms with van der Waals surface area (Å²) in [5.74, 6) is -0.0822. The Labute approximate surface area is 114 Å². The Balaban J connectivity index is 2.33. The van der Waals surface area contributed by atoms with E-state index in [9.17, 15) is 9.59 Å². The predicted octanol–water partition coefficient (Wildman–Crippen LogP) is -0.278. The van der Waals surface area contributed by atoms with Gasteiger partial charge in [0.05, 0.1) is 12.1 Å². The average Bonchev–Trinajstić information content (AvgIpc) is 2.82. The van der Waals surface area contributed by atoms with Gasteiger partial charge in [0.25, 0.3) is 5.91 Å². The van der Waals surface area contributed by atoms with Crippen LogP contribution in [0.4, 0.5) is 0 Å². The number of hydrogen-bond donors (Lipinski definition) is 2. The van der Waals surface area contributed by atoms with Crippen molar-refractivity contribution in [2.75, 3.05) is 20.6 Å². The van der Waals surface area contributed by atoms with Crippen LogP contribution < -0.4 is 11.1 Å². The van der Waals surface area contributed by atoms with Crippen molar-refractivity contribution in [1.82, 2.24) is 10.2 Å². The minimum absolute atomic E-state index is 0.0206. The SMILES string of the molecule is CC(C)[C@H](N)C(=O)NCC1CCC(C(=O)N(C)C)O1. The summed E-state index contributed by atoms with van der Waals surface area (Å²) in [6.07, 6.45) is 1.00. The van der Waals surface area contributed by atoms with Gasteiger partial charge in [-0.15, -0.1) is 0 Å². The number of nitrogens with zero attached hydrogens (tertiary/aromatic N) is 1. The highest BCUT2D eigenvalue weighted by Gasteiger charge is 2.32. The van der Waals surface area contributed by atoms with Gasteiger partial charge in [-0.1, -0.05) is 13.8 Å². The molecule has 0 radical (unpaired) electrons. The Kier molecular flexibility index (Phi) is 5.75. The van der Waals surface area contributed by atoms with Crippen molar-refractivity contribution in [3.05, 3.63) is 0 Å². The van der Waals surface area contributed by atoms with Crippen LogP contribution in [0.5, 0.6) is 0 Å². The highest BCUT2D eigenvalue weighted by atomic mass is 16.5. The number of carbonyl (C=O) groups excluding carboxylic acids is 2. The van der Waals surface area contributed by atoms with Gasteiger partial charge in [-0.05, 0) is 18.8 Å². The topological polar surface area (TPSA) is 84.7 Å². The summed E-state index contributed by atoms with van der Waals surface area (Å²) < 4.78 is 5.63. The van der Waals surface area contributed by atoms with E-state index in [1.165, 1.54) is 4.90 Å². The lowest BCUT2D eigenvalue weighted by atomic mass is 10.0. The standard InChI is InChI=1S/C13H25N3O3/c1-8(2)11(14)12(17)15-7-9-5-6-10(19-9)13(18)16(3)4/h8-11H,5-7,14H2,1-4H3,(H,15,17)/t9?,10?,11-/m0/s1. The molecule has 0 aromatic carbocycles. The van der Waals surface area contributed by atoms with Crippen LogP contribution in [-0.4, -0.2) is 55.6 Å². The minimum Gasteiger partial charge on any atom is -0.363 e. The third kappa shape index (κ3) is 4.47. The molecule has 0 aromatic heterocycles. The summed E-state index contributed by atoms with van der Waals surface area (Å²) >= 11 is 0. The van der Waals surface area contributed by atoms with E-state index < -0.39 is 6.04 Å². The summed E-state index contributed by atoms with van der Waals surface area (Å²) in [5, 5.41) is 2.78. The zero-order valence-electron chi connectivity index (χ0n) is 12.2. The Hall–Kier alpha value is -1.14. The van der Waals surface area contributed by atoms with Crippen LogP contribution in [0.1, 0.15) is 26.7 Å². The van der Waals surface area contributed by atoms with Gasteiger partial charge in [0.2, 0.25) is 5.91 Å². The van der Waals surface area contributed by atoms with E-state index in [0.29, 0.717) is 13.0 Å². The van der Waals surface area contributed by atoms with E-state index in [0.717, 1.165) is 6.42 Å². The van der Waals surface area contributed by atoms with Gasteiger partial charge in [0.15, 0.2) is 0 Å². The molecule has 0 aromatic rings. The first kappa shape index (κ1) is 15.9. The summed E-state index contributed by atoms with van der Waals surface area (Å²) in [5.41, 5.74) is 5.75. The highest BCUT2D eigenvalue weighted by Crippen LogP contribution is 2.20. The molecule has 1 rings (SSSR count). The van der Waals surface area contributed by atoms with Crippen molar-refractivity contribution >= 4 is 11.8 Å². The van der Waals surface area contributed by atoms with Gasteiger partial charge in [0.1, 0.15) is 6.10 Å². The second-order valence-corrected chi connectivity index (χ2v) is 5.57. The Bertz CT molecular complexity index is 331. The molecular weight excluding hydrogens is 246 g/mol. The maximum atomic E-state index is 11.7. The van der Waals surface area contributed by atoms with Crippen LogP contribution in [0.2, 0.25) is 0 Å². The van der Waals surface area contributed by atoms with Crippen molar-refractivity contribution in [2.24, 2.45) is 11.7 Å². The first-order chi connectivity index (χ1) is 8.82. The van der Waals surface area contributed by atoms with Gasteiger partial charge in [-0.3, -0.25) is 9.59 Å². The molecule has 3 N–H and O–H groups in total. The number of nitrogens with two attached hydrogens (primary N) is 1. The number of nitrogens with one attached hydrogen (secondary N) is 1. The largest absolute Gasteiger partial charge is 0.363 e. The van der Waals surface area contributed by atoms with E-state index in [1.54, 1.807) is 14.1 Å². The molecule has 2 unspecified atom stereocenters. The summed E-state index contributed by atoms with van der Waals surface area (Å²) in [4.78, 5) is 24.9. The second-order valence-electron chi connectivity index (χ2n) is 5.57. The fourth-order valence-electron chi connectivity index (χ4n) is 1.96. The van der Waals surface area contributed by atoms with Gasteiger partial charge in [-0.2, -0.15) is 0 Å². The minimum atomic E-state index is -0.499. The second kappa shape index (κ2) is 6.86. The summed E-state index contributed by atoms with van der Waals surface area (Å²) in [6.45, 7) is 4.22. The Morgan fingerprint density at radius 2 is 2.00 bits per heavy atom. The van der Waals surface area contributed by atoms with E-state index >= 15 is 0 Å². The molecule has 2 amide bonds. The lowest BCUT2D eigenvalue weighted by Gasteiger charge is -2.19. The van der Waals surface area contributed by atoms with Crippen molar-refractivity contribution in [1.29, 1.82) is 0 Å². The molecule has 6 heteroatoms. The Morgan fingerprint density at radius 3 is 2.53 bits per heavy atom. The van der Waals surface area contributed by atoms with Crippen LogP contribution in [-0.2, 0) is 14.3 Å². The number of carbonyl (C=O) groups is 2. The first-order valence-electron chi connectivity index (χ1n) is 6.72. The number of ether oxygens (including phenoxy) is 1. The lowest BCUT2D eigenvalue weighted by molar-refractivity contribution is -0.140. The molecule has 19 heavy (non-hydrogen) atoms. The summed E-state index contributed by atoms with van der Waals surface area (Å²) in [7, 11) is 3.42. The van der Waals surface area contributed by atoms with Crippen LogP contribution >= 0.6 is 0 Å². The maximum absolute atomic E-state index is 11.7. The molecule has 1 saturated heterocycles. The van der Waals surface area contributed by atoms with E-state index in [2.05, 4.69) is 5.32 Å². The molecule has 1 aliphatic heterocycles. The van der Waals surface area contributed by atoms with Crippen LogP contribution in [0.3, 0.4) is 0 Å². The predicted molar refractivity (Wildman–Crippen MR) is 72.4 cm³/mol. The van der Waals surface area contributed by atoms with Crippen LogP contribution in [0.25, 0.3) is 0 Å². The van der Waals surface area contributed by atoms with Gasteiger partial charge in [0, 0.05) is 20.6 Å². The van der Waals surface area contributed by atoms with Crippen molar-refractivity contribution in [3.8, 4) is 0 Å². The normalized spacial score (nSPS) is 24.3. The van der Waals surface area contributed by atoms with Crippen molar-refractivity contribution in [2.45, 2.75) is 44.9 Å². The molecule has 0 spiro atoms. The molecule has 0 aliphatic carbocycles. The summed E-state index contributed by atoms with van der Waals surface area (Å²) in [6, 6.07) is -0.499. The third-order valence-corrected chi connectivity index (χ3v) is 3.35. The zero-order valence-corrected chi connectivity index (χ0v) is 12.2. The van der Waals surface area contributed by atoms with E-state index in [4.69, 9.17) is 10.5 Å². The number of hydrogen-bond acceptors (Lipinski definition) is 4. The zero-order chi connectivity index (χ0) is 14.6. The lowest BCUT2D eigenvalue weighted by Crippen LogP contribution is -2.46. The quantitative estimate of drug-likeness (QED) is 0.720. The van der Waals surface area contributed by atoms with E-state index in [-0.39, 0.29) is 29.9 Å². The van der Waals surface area contributed by atoms with Crippen LogP contribution in [0.15, 0.2) is 0 Å². The Morgan fingerprint density at radius 1 is 1.37 bits per heavy atom. The van der Waals surface area contributed by atoms with Crippen molar-refractivity contribution in [3.63, 3.8) is 0 Å². The fourth-order valence-corrected chi connectivity index (χ4v) is 1.96. The third-order valence-electron chi connectivity index (χ3n) is 3.35. The molecule has 1 fully saturated rings.